The van der Waals surface area contributed by atoms with Crippen molar-refractivity contribution in [1.82, 2.24) is 29.9 Å². The molecule has 8 nitrogen and oxygen atoms in total. The van der Waals surface area contributed by atoms with Gasteiger partial charge >= 0.3 is 6.03 Å². The SMILES string of the molecule is Cc1nn(C)c(C)c1CNC(=O)Nc1cccc(-c2ncn(C)n2)c1. The smallest absolute Gasteiger partial charge is 0.319 e. The van der Waals surface area contributed by atoms with E-state index in [2.05, 4.69) is 25.8 Å². The molecular formula is C17H21N7O. The summed E-state index contributed by atoms with van der Waals surface area (Å²) in [4.78, 5) is 16.4. The Morgan fingerprint density at radius 1 is 1.20 bits per heavy atom. The highest BCUT2D eigenvalue weighted by Crippen LogP contribution is 2.19. The second-order valence-corrected chi connectivity index (χ2v) is 5.90. The summed E-state index contributed by atoms with van der Waals surface area (Å²) in [7, 11) is 3.71. The van der Waals surface area contributed by atoms with Gasteiger partial charge in [0.25, 0.3) is 0 Å². The lowest BCUT2D eigenvalue weighted by molar-refractivity contribution is 0.251. The number of aromatic nitrogens is 5. The molecule has 3 aromatic rings. The standard InChI is InChI=1S/C17H21N7O/c1-11-15(12(2)24(4)21-11)9-18-17(25)20-14-7-5-6-13(8-14)16-19-10-23(3)22-16/h5-8,10H,9H2,1-4H3,(H2,18,20,25). The van der Waals surface area contributed by atoms with Crippen molar-refractivity contribution in [2.45, 2.75) is 20.4 Å². The molecule has 25 heavy (non-hydrogen) atoms. The number of hydrogen-bond acceptors (Lipinski definition) is 4. The van der Waals surface area contributed by atoms with E-state index in [1.54, 1.807) is 11.0 Å². The van der Waals surface area contributed by atoms with Crippen LogP contribution in [-0.4, -0.2) is 30.6 Å². The van der Waals surface area contributed by atoms with E-state index in [9.17, 15) is 4.79 Å². The van der Waals surface area contributed by atoms with Crippen LogP contribution in [0.2, 0.25) is 0 Å². The molecular weight excluding hydrogens is 318 g/mol. The highest BCUT2D eigenvalue weighted by atomic mass is 16.2. The molecule has 3 rings (SSSR count). The molecule has 2 N–H and O–H groups in total. The van der Waals surface area contributed by atoms with Crippen molar-refractivity contribution in [1.29, 1.82) is 0 Å². The molecule has 0 spiro atoms. The molecule has 0 aliphatic heterocycles. The molecule has 130 valence electrons. The highest BCUT2D eigenvalue weighted by Gasteiger charge is 2.11. The van der Waals surface area contributed by atoms with Crippen molar-refractivity contribution < 1.29 is 4.79 Å². The fourth-order valence-electron chi connectivity index (χ4n) is 2.62. The van der Waals surface area contributed by atoms with Crippen LogP contribution in [0.1, 0.15) is 17.0 Å². The molecule has 1 aromatic carbocycles. The first-order valence-corrected chi connectivity index (χ1v) is 7.94. The lowest BCUT2D eigenvalue weighted by Gasteiger charge is -2.09. The summed E-state index contributed by atoms with van der Waals surface area (Å²) in [5.41, 5.74) is 4.52. The van der Waals surface area contributed by atoms with E-state index < -0.39 is 0 Å². The molecule has 0 bridgehead atoms. The molecule has 2 amide bonds. The first-order chi connectivity index (χ1) is 11.9. The third kappa shape index (κ3) is 3.68. The van der Waals surface area contributed by atoms with Crippen LogP contribution in [0.3, 0.4) is 0 Å². The van der Waals surface area contributed by atoms with Gasteiger partial charge in [-0.05, 0) is 26.0 Å². The van der Waals surface area contributed by atoms with Gasteiger partial charge in [-0.3, -0.25) is 9.36 Å². The van der Waals surface area contributed by atoms with Crippen molar-refractivity contribution in [3.63, 3.8) is 0 Å². The lowest BCUT2D eigenvalue weighted by atomic mass is 10.2. The molecule has 0 radical (unpaired) electrons. The number of urea groups is 1. The summed E-state index contributed by atoms with van der Waals surface area (Å²) in [6.07, 6.45) is 1.64. The normalized spacial score (nSPS) is 10.7. The first kappa shape index (κ1) is 16.7. The van der Waals surface area contributed by atoms with Crippen LogP contribution in [0.4, 0.5) is 10.5 Å². The van der Waals surface area contributed by atoms with E-state index in [0.717, 1.165) is 22.5 Å². The maximum atomic E-state index is 12.2. The number of nitrogens with one attached hydrogen (secondary N) is 2. The number of hydrogen-bond donors (Lipinski definition) is 2. The van der Waals surface area contributed by atoms with E-state index in [-0.39, 0.29) is 6.03 Å². The number of benzene rings is 1. The monoisotopic (exact) mass is 339 g/mol. The van der Waals surface area contributed by atoms with Gasteiger partial charge in [-0.2, -0.15) is 10.2 Å². The average molecular weight is 339 g/mol. The summed E-state index contributed by atoms with van der Waals surface area (Å²) < 4.78 is 3.45. The Morgan fingerprint density at radius 3 is 2.64 bits per heavy atom. The van der Waals surface area contributed by atoms with Gasteiger partial charge in [0, 0.05) is 43.1 Å². The first-order valence-electron chi connectivity index (χ1n) is 7.94. The van der Waals surface area contributed by atoms with E-state index in [1.807, 2.05) is 56.9 Å². The molecule has 0 aliphatic carbocycles. The zero-order chi connectivity index (χ0) is 18.0. The molecule has 0 saturated heterocycles. The Balaban J connectivity index is 1.65. The molecule has 0 fully saturated rings. The van der Waals surface area contributed by atoms with Crippen molar-refractivity contribution in [3.8, 4) is 11.4 Å². The maximum absolute atomic E-state index is 12.2. The Kier molecular flexibility index (Phi) is 4.51. The van der Waals surface area contributed by atoms with Crippen molar-refractivity contribution in [3.05, 3.63) is 47.5 Å². The van der Waals surface area contributed by atoms with E-state index in [4.69, 9.17) is 0 Å². The number of nitrogens with zero attached hydrogens (tertiary/aromatic N) is 5. The van der Waals surface area contributed by atoms with Crippen LogP contribution in [0.15, 0.2) is 30.6 Å². The van der Waals surface area contributed by atoms with Crippen molar-refractivity contribution >= 4 is 11.7 Å². The van der Waals surface area contributed by atoms with E-state index in [0.29, 0.717) is 18.1 Å². The topological polar surface area (TPSA) is 89.7 Å². The van der Waals surface area contributed by atoms with Gasteiger partial charge in [0.1, 0.15) is 6.33 Å². The van der Waals surface area contributed by atoms with E-state index in [1.165, 1.54) is 0 Å². The third-order valence-electron chi connectivity index (χ3n) is 4.06. The molecule has 2 heterocycles. The summed E-state index contributed by atoms with van der Waals surface area (Å²) in [6.45, 7) is 4.35. The van der Waals surface area contributed by atoms with Gasteiger partial charge in [-0.25, -0.2) is 9.78 Å². The van der Waals surface area contributed by atoms with Gasteiger partial charge in [-0.1, -0.05) is 12.1 Å². The second-order valence-electron chi connectivity index (χ2n) is 5.90. The van der Waals surface area contributed by atoms with Gasteiger partial charge in [-0.15, -0.1) is 0 Å². The Hall–Kier alpha value is -3.16. The number of anilines is 1. The predicted octanol–water partition coefficient (Wildman–Crippen LogP) is 2.15. The number of amides is 2. The van der Waals surface area contributed by atoms with Crippen LogP contribution in [-0.2, 0) is 20.6 Å². The fourth-order valence-corrected chi connectivity index (χ4v) is 2.62. The zero-order valence-corrected chi connectivity index (χ0v) is 14.7. The van der Waals surface area contributed by atoms with Gasteiger partial charge in [0.2, 0.25) is 0 Å². The summed E-state index contributed by atoms with van der Waals surface area (Å²) in [5.74, 6) is 0.619. The predicted molar refractivity (Wildman–Crippen MR) is 95.0 cm³/mol. The number of aryl methyl sites for hydroxylation is 3. The van der Waals surface area contributed by atoms with Crippen molar-refractivity contribution in [2.75, 3.05) is 5.32 Å². The van der Waals surface area contributed by atoms with Crippen LogP contribution < -0.4 is 10.6 Å². The molecule has 8 heteroatoms. The molecule has 0 aliphatic rings. The number of carbonyl (C=O) groups is 1. The van der Waals surface area contributed by atoms with Gasteiger partial charge in [0.05, 0.1) is 5.69 Å². The Morgan fingerprint density at radius 2 is 2.00 bits per heavy atom. The molecule has 2 aromatic heterocycles. The van der Waals surface area contributed by atoms with Crippen LogP contribution in [0.25, 0.3) is 11.4 Å². The largest absolute Gasteiger partial charge is 0.334 e. The quantitative estimate of drug-likeness (QED) is 0.762. The number of rotatable bonds is 4. The Bertz CT molecular complexity index is 910. The summed E-state index contributed by atoms with van der Waals surface area (Å²) >= 11 is 0. The second kappa shape index (κ2) is 6.76. The molecule has 0 unspecified atom stereocenters. The maximum Gasteiger partial charge on any atom is 0.319 e. The van der Waals surface area contributed by atoms with Crippen LogP contribution in [0, 0.1) is 13.8 Å². The average Bonchev–Trinajstić information content (AvgIpc) is 3.10. The molecule has 0 saturated carbocycles. The van der Waals surface area contributed by atoms with Crippen molar-refractivity contribution in [2.24, 2.45) is 14.1 Å². The minimum absolute atomic E-state index is 0.270. The van der Waals surface area contributed by atoms with Gasteiger partial charge in [0.15, 0.2) is 5.82 Å². The van der Waals surface area contributed by atoms with Crippen LogP contribution in [0.5, 0.6) is 0 Å². The zero-order valence-electron chi connectivity index (χ0n) is 14.7. The lowest BCUT2D eigenvalue weighted by Crippen LogP contribution is -2.28. The van der Waals surface area contributed by atoms with Gasteiger partial charge < -0.3 is 10.6 Å². The Labute approximate surface area is 145 Å². The highest BCUT2D eigenvalue weighted by molar-refractivity contribution is 5.89. The van der Waals surface area contributed by atoms with E-state index >= 15 is 0 Å². The minimum Gasteiger partial charge on any atom is -0.334 e. The van der Waals surface area contributed by atoms with Crippen LogP contribution >= 0.6 is 0 Å². The third-order valence-corrected chi connectivity index (χ3v) is 4.06. The minimum atomic E-state index is -0.270. The number of carbonyl (C=O) groups excluding carboxylic acids is 1. The fraction of sp³-hybridized carbons (Fsp3) is 0.294. The summed E-state index contributed by atoms with van der Waals surface area (Å²) in [5, 5.41) is 14.3. The summed E-state index contributed by atoms with van der Waals surface area (Å²) in [6, 6.07) is 7.16. The molecule has 0 atom stereocenters.